The SMILES string of the molecule is CCCCNS(=O)(=O)c1cc(C)c(F)c([N+](=O)[O-])c1. The lowest BCUT2D eigenvalue weighted by molar-refractivity contribution is -0.387. The summed E-state index contributed by atoms with van der Waals surface area (Å²) in [7, 11) is -3.85. The molecule has 1 aromatic carbocycles. The molecule has 0 fully saturated rings. The number of nitro groups is 1. The Bertz CT molecular complexity index is 587. The van der Waals surface area contributed by atoms with Gasteiger partial charge >= 0.3 is 5.69 Å². The third-order valence-corrected chi connectivity index (χ3v) is 3.98. The van der Waals surface area contributed by atoms with Gasteiger partial charge in [0, 0.05) is 12.6 Å². The second-order valence-electron chi connectivity index (χ2n) is 4.08. The number of nitro benzene ring substituents is 1. The summed E-state index contributed by atoms with van der Waals surface area (Å²) >= 11 is 0. The maximum Gasteiger partial charge on any atom is 0.306 e. The van der Waals surface area contributed by atoms with Crippen LogP contribution >= 0.6 is 0 Å². The lowest BCUT2D eigenvalue weighted by Gasteiger charge is -2.07. The van der Waals surface area contributed by atoms with E-state index in [0.717, 1.165) is 18.6 Å². The molecule has 1 rings (SSSR count). The summed E-state index contributed by atoms with van der Waals surface area (Å²) in [6.07, 6.45) is 1.46. The minimum absolute atomic E-state index is 0.0786. The van der Waals surface area contributed by atoms with Crippen LogP contribution in [-0.2, 0) is 10.0 Å². The van der Waals surface area contributed by atoms with Gasteiger partial charge in [-0.2, -0.15) is 4.39 Å². The Morgan fingerprint density at radius 2 is 2.05 bits per heavy atom. The van der Waals surface area contributed by atoms with Crippen molar-refractivity contribution in [3.63, 3.8) is 0 Å². The molecule has 19 heavy (non-hydrogen) atoms. The highest BCUT2D eigenvalue weighted by atomic mass is 32.2. The van der Waals surface area contributed by atoms with Crippen LogP contribution in [0.2, 0.25) is 0 Å². The molecule has 106 valence electrons. The number of nitrogens with zero attached hydrogens (tertiary/aromatic N) is 1. The Morgan fingerprint density at radius 3 is 2.58 bits per heavy atom. The predicted molar refractivity (Wildman–Crippen MR) is 67.9 cm³/mol. The van der Waals surface area contributed by atoms with E-state index in [1.165, 1.54) is 6.92 Å². The van der Waals surface area contributed by atoms with Crippen molar-refractivity contribution in [2.75, 3.05) is 6.54 Å². The number of unbranched alkanes of at least 4 members (excludes halogenated alkanes) is 1. The van der Waals surface area contributed by atoms with E-state index in [1.54, 1.807) is 0 Å². The number of nitrogens with one attached hydrogen (secondary N) is 1. The molecule has 0 aliphatic carbocycles. The Morgan fingerprint density at radius 1 is 1.42 bits per heavy atom. The van der Waals surface area contributed by atoms with Gasteiger partial charge in [0.05, 0.1) is 9.82 Å². The van der Waals surface area contributed by atoms with Crippen LogP contribution in [0.25, 0.3) is 0 Å². The number of sulfonamides is 1. The third-order valence-electron chi connectivity index (χ3n) is 2.54. The van der Waals surface area contributed by atoms with E-state index < -0.39 is 26.5 Å². The second kappa shape index (κ2) is 6.07. The van der Waals surface area contributed by atoms with Crippen molar-refractivity contribution in [3.8, 4) is 0 Å². The number of benzene rings is 1. The van der Waals surface area contributed by atoms with Crippen LogP contribution in [0.15, 0.2) is 17.0 Å². The molecule has 8 heteroatoms. The van der Waals surface area contributed by atoms with Crippen LogP contribution in [0.3, 0.4) is 0 Å². The highest BCUT2D eigenvalue weighted by Gasteiger charge is 2.23. The van der Waals surface area contributed by atoms with E-state index in [4.69, 9.17) is 0 Å². The maximum atomic E-state index is 13.5. The van der Waals surface area contributed by atoms with Crippen molar-refractivity contribution in [1.29, 1.82) is 0 Å². The first kappa shape index (κ1) is 15.5. The molecule has 0 unspecified atom stereocenters. The molecule has 0 amide bonds. The number of aryl methyl sites for hydroxylation is 1. The molecule has 1 aromatic rings. The minimum atomic E-state index is -3.85. The fraction of sp³-hybridized carbons (Fsp3) is 0.455. The van der Waals surface area contributed by atoms with Gasteiger partial charge in [-0.15, -0.1) is 0 Å². The lowest BCUT2D eigenvalue weighted by Crippen LogP contribution is -2.25. The molecule has 6 nitrogen and oxygen atoms in total. The zero-order valence-corrected chi connectivity index (χ0v) is 11.5. The van der Waals surface area contributed by atoms with Gasteiger partial charge in [-0.1, -0.05) is 13.3 Å². The van der Waals surface area contributed by atoms with Crippen molar-refractivity contribution in [2.24, 2.45) is 0 Å². The van der Waals surface area contributed by atoms with Gasteiger partial charge in [-0.3, -0.25) is 10.1 Å². The molecular weight excluding hydrogens is 275 g/mol. The fourth-order valence-electron chi connectivity index (χ4n) is 1.47. The first-order valence-electron chi connectivity index (χ1n) is 5.73. The molecule has 0 atom stereocenters. The molecule has 0 saturated heterocycles. The van der Waals surface area contributed by atoms with Crippen molar-refractivity contribution in [1.82, 2.24) is 4.72 Å². The summed E-state index contributed by atoms with van der Waals surface area (Å²) in [6, 6.07) is 1.81. The highest BCUT2D eigenvalue weighted by Crippen LogP contribution is 2.24. The molecule has 0 heterocycles. The normalized spacial score (nSPS) is 11.5. The minimum Gasteiger partial charge on any atom is -0.258 e. The van der Waals surface area contributed by atoms with E-state index in [-0.39, 0.29) is 17.0 Å². The first-order valence-corrected chi connectivity index (χ1v) is 7.22. The average molecular weight is 290 g/mol. The summed E-state index contributed by atoms with van der Waals surface area (Å²) in [5.74, 6) is -1.02. The van der Waals surface area contributed by atoms with Gasteiger partial charge in [0.1, 0.15) is 0 Å². The third kappa shape index (κ3) is 3.71. The van der Waals surface area contributed by atoms with E-state index >= 15 is 0 Å². The van der Waals surface area contributed by atoms with E-state index in [2.05, 4.69) is 4.72 Å². The second-order valence-corrected chi connectivity index (χ2v) is 5.85. The number of hydrogen-bond donors (Lipinski definition) is 1. The predicted octanol–water partition coefficient (Wildman–Crippen LogP) is 2.12. The molecule has 1 N–H and O–H groups in total. The van der Waals surface area contributed by atoms with Gasteiger partial charge in [-0.25, -0.2) is 13.1 Å². The largest absolute Gasteiger partial charge is 0.306 e. The van der Waals surface area contributed by atoms with E-state index in [9.17, 15) is 22.9 Å². The zero-order chi connectivity index (χ0) is 14.6. The maximum absolute atomic E-state index is 13.5. The summed E-state index contributed by atoms with van der Waals surface area (Å²) in [6.45, 7) is 3.43. The van der Waals surface area contributed by atoms with Crippen LogP contribution in [0.4, 0.5) is 10.1 Å². The molecule has 0 aromatic heterocycles. The highest BCUT2D eigenvalue weighted by molar-refractivity contribution is 7.89. The van der Waals surface area contributed by atoms with Crippen molar-refractivity contribution < 1.29 is 17.7 Å². The molecule has 0 aliphatic rings. The van der Waals surface area contributed by atoms with Gasteiger partial charge in [0.25, 0.3) is 0 Å². The molecule has 0 radical (unpaired) electrons. The lowest BCUT2D eigenvalue weighted by atomic mass is 10.2. The Balaban J connectivity index is 3.17. The van der Waals surface area contributed by atoms with Crippen molar-refractivity contribution >= 4 is 15.7 Å². The summed E-state index contributed by atoms with van der Waals surface area (Å²) in [4.78, 5) is 9.43. The quantitative estimate of drug-likeness (QED) is 0.493. The number of halogens is 1. The Kier molecular flexibility index (Phi) is 4.96. The molecule has 0 spiro atoms. The topological polar surface area (TPSA) is 89.3 Å². The monoisotopic (exact) mass is 290 g/mol. The fourth-order valence-corrected chi connectivity index (χ4v) is 2.65. The molecule has 0 bridgehead atoms. The standard InChI is InChI=1S/C11H15FN2O4S/c1-3-4-5-13-19(17,18)9-6-8(2)11(12)10(7-9)14(15)16/h6-7,13H,3-5H2,1-2H3. The van der Waals surface area contributed by atoms with Crippen LogP contribution in [0.1, 0.15) is 25.3 Å². The van der Waals surface area contributed by atoms with Gasteiger partial charge in [0.2, 0.25) is 15.8 Å². The molecular formula is C11H15FN2O4S. The van der Waals surface area contributed by atoms with Crippen LogP contribution in [0, 0.1) is 22.9 Å². The van der Waals surface area contributed by atoms with Crippen LogP contribution in [0.5, 0.6) is 0 Å². The zero-order valence-electron chi connectivity index (χ0n) is 10.6. The summed E-state index contributed by atoms with van der Waals surface area (Å²) in [5.41, 5.74) is -0.916. The molecule has 0 aliphatic heterocycles. The van der Waals surface area contributed by atoms with Crippen molar-refractivity contribution in [2.45, 2.75) is 31.6 Å². The smallest absolute Gasteiger partial charge is 0.258 e. The first-order chi connectivity index (χ1) is 8.79. The average Bonchev–Trinajstić information content (AvgIpc) is 2.32. The summed E-state index contributed by atoms with van der Waals surface area (Å²) in [5, 5.41) is 10.7. The van der Waals surface area contributed by atoms with E-state index in [0.29, 0.717) is 6.42 Å². The van der Waals surface area contributed by atoms with Gasteiger partial charge < -0.3 is 0 Å². The van der Waals surface area contributed by atoms with Crippen molar-refractivity contribution in [3.05, 3.63) is 33.6 Å². The van der Waals surface area contributed by atoms with Gasteiger partial charge in [-0.05, 0) is 25.0 Å². The Labute approximate surface area is 110 Å². The van der Waals surface area contributed by atoms with Crippen LogP contribution < -0.4 is 4.72 Å². The number of hydrogen-bond acceptors (Lipinski definition) is 4. The van der Waals surface area contributed by atoms with Gasteiger partial charge in [0.15, 0.2) is 0 Å². The summed E-state index contributed by atoms with van der Waals surface area (Å²) < 4.78 is 39.6. The number of rotatable bonds is 6. The van der Waals surface area contributed by atoms with E-state index in [1.807, 2.05) is 6.92 Å². The van der Waals surface area contributed by atoms with Crippen LogP contribution in [-0.4, -0.2) is 19.9 Å². The molecule has 0 saturated carbocycles. The Hall–Kier alpha value is -1.54.